The smallest absolute Gasteiger partial charge is 0.329 e. The fourth-order valence-electron chi connectivity index (χ4n) is 0.386. The minimum absolute atomic E-state index is 0.0115. The second kappa shape index (κ2) is 6.95. The van der Waals surface area contributed by atoms with E-state index in [0.717, 1.165) is 0 Å². The Kier molecular flexibility index (Phi) is 6.53. The van der Waals surface area contributed by atoms with Gasteiger partial charge in [0.05, 0.1) is 25.7 Å². The first-order chi connectivity index (χ1) is 5.66. The van der Waals surface area contributed by atoms with Crippen molar-refractivity contribution in [2.24, 2.45) is 0 Å². The molecule has 7 heteroatoms. The third kappa shape index (κ3) is 7.38. The van der Waals surface area contributed by atoms with Crippen LogP contribution >= 0.6 is 0 Å². The highest BCUT2D eigenvalue weighted by Gasteiger charge is 1.98. The molecule has 0 saturated heterocycles. The second-order valence-electron chi connectivity index (χ2n) is 1.70. The topological polar surface area (TPSA) is 88.5 Å². The average Bonchev–Trinajstić information content (AvgIpc) is 2.03. The maximum absolute atomic E-state index is 9.90. The molecule has 0 saturated carbocycles. The molecule has 7 nitrogen and oxygen atoms in total. The lowest BCUT2D eigenvalue weighted by molar-refractivity contribution is -0.502. The molecule has 0 atom stereocenters. The number of carbonyl (C=O) groups is 1. The lowest BCUT2D eigenvalue weighted by Crippen LogP contribution is -2.21. The van der Waals surface area contributed by atoms with Gasteiger partial charge in [0.15, 0.2) is 0 Å². The Balaban J connectivity index is 3.05. The third-order valence-electron chi connectivity index (χ3n) is 0.811. The molecule has 0 spiro atoms. The van der Waals surface area contributed by atoms with E-state index in [1.165, 1.54) is 7.11 Å². The molecule has 72 valence electrons. The van der Waals surface area contributed by atoms with Crippen LogP contribution in [-0.2, 0) is 19.2 Å². The molecular formula is C5H11NO6. The van der Waals surface area contributed by atoms with Crippen molar-refractivity contribution in [1.82, 2.24) is 5.39 Å². The van der Waals surface area contributed by atoms with Crippen LogP contribution in [0.3, 0.4) is 0 Å². The van der Waals surface area contributed by atoms with E-state index in [1.807, 2.05) is 0 Å². The van der Waals surface area contributed by atoms with Gasteiger partial charge in [-0.05, 0) is 0 Å². The number of aliphatic carboxylic acids is 1. The SMILES string of the molecule is CON(O)OCCOCC(=O)O. The van der Waals surface area contributed by atoms with Crippen LogP contribution in [0.25, 0.3) is 0 Å². The standard InChI is InChI=1S/C5H11NO6/c1-10-6(9)12-3-2-11-4-5(7)8/h9H,2-4H2,1H3,(H,7,8). The molecule has 0 rings (SSSR count). The van der Waals surface area contributed by atoms with Crippen LogP contribution in [0.15, 0.2) is 0 Å². The van der Waals surface area contributed by atoms with Gasteiger partial charge < -0.3 is 9.84 Å². The van der Waals surface area contributed by atoms with Crippen molar-refractivity contribution < 1.29 is 29.5 Å². The first kappa shape index (κ1) is 11.3. The zero-order chi connectivity index (χ0) is 9.40. The van der Waals surface area contributed by atoms with Crippen molar-refractivity contribution in [3.05, 3.63) is 0 Å². The van der Waals surface area contributed by atoms with Crippen molar-refractivity contribution >= 4 is 5.97 Å². The molecule has 0 heterocycles. The van der Waals surface area contributed by atoms with Gasteiger partial charge in [-0.1, -0.05) is 0 Å². The molecule has 0 aromatic rings. The maximum atomic E-state index is 9.90. The number of nitrogens with zero attached hydrogens (tertiary/aromatic N) is 1. The molecule has 2 N–H and O–H groups in total. The van der Waals surface area contributed by atoms with E-state index in [0.29, 0.717) is 0 Å². The number of hydrogen-bond acceptors (Lipinski definition) is 6. The first-order valence-electron chi connectivity index (χ1n) is 3.12. The Labute approximate surface area is 68.9 Å². The van der Waals surface area contributed by atoms with E-state index in [4.69, 9.17) is 10.3 Å². The highest BCUT2D eigenvalue weighted by Crippen LogP contribution is 1.84. The van der Waals surface area contributed by atoms with Gasteiger partial charge in [0.1, 0.15) is 6.61 Å². The zero-order valence-corrected chi connectivity index (χ0v) is 6.60. The molecule has 12 heavy (non-hydrogen) atoms. The Morgan fingerprint density at radius 3 is 2.67 bits per heavy atom. The van der Waals surface area contributed by atoms with Crippen molar-refractivity contribution in [2.45, 2.75) is 0 Å². The minimum atomic E-state index is -1.05. The van der Waals surface area contributed by atoms with Gasteiger partial charge in [0, 0.05) is 0 Å². The summed E-state index contributed by atoms with van der Waals surface area (Å²) in [6, 6.07) is 0. The highest BCUT2D eigenvalue weighted by molar-refractivity contribution is 5.67. The Bertz CT molecular complexity index is 129. The van der Waals surface area contributed by atoms with Gasteiger partial charge in [0.25, 0.3) is 0 Å². The van der Waals surface area contributed by atoms with Crippen molar-refractivity contribution in [2.75, 3.05) is 26.9 Å². The van der Waals surface area contributed by atoms with E-state index in [1.54, 1.807) is 0 Å². The van der Waals surface area contributed by atoms with Crippen LogP contribution in [0.1, 0.15) is 0 Å². The van der Waals surface area contributed by atoms with Gasteiger partial charge in [-0.15, -0.1) is 0 Å². The lowest BCUT2D eigenvalue weighted by Gasteiger charge is -2.09. The van der Waals surface area contributed by atoms with Crippen LogP contribution in [0.4, 0.5) is 0 Å². The van der Waals surface area contributed by atoms with Crippen molar-refractivity contribution in [3.8, 4) is 0 Å². The Morgan fingerprint density at radius 1 is 1.50 bits per heavy atom. The van der Waals surface area contributed by atoms with E-state index < -0.39 is 5.97 Å². The second-order valence-corrected chi connectivity index (χ2v) is 1.70. The molecule has 0 bridgehead atoms. The third-order valence-corrected chi connectivity index (χ3v) is 0.811. The fraction of sp³-hybridized carbons (Fsp3) is 0.800. The van der Waals surface area contributed by atoms with Crippen LogP contribution in [0, 0.1) is 0 Å². The number of hydrogen-bond donors (Lipinski definition) is 2. The summed E-state index contributed by atoms with van der Waals surface area (Å²) in [6.45, 7) is -0.313. The number of ether oxygens (including phenoxy) is 1. The number of rotatable bonds is 7. The maximum Gasteiger partial charge on any atom is 0.329 e. The zero-order valence-electron chi connectivity index (χ0n) is 6.60. The quantitative estimate of drug-likeness (QED) is 0.395. The molecule has 0 fully saturated rings. The molecule has 0 amide bonds. The molecule has 0 aliphatic rings. The summed E-state index contributed by atoms with van der Waals surface area (Å²) in [7, 11) is 1.21. The highest BCUT2D eigenvalue weighted by atomic mass is 17.1. The Hall–Kier alpha value is -0.730. The number of carboxylic acids is 1. The van der Waals surface area contributed by atoms with E-state index in [2.05, 4.69) is 14.4 Å². The normalized spacial score (nSPS) is 10.6. The largest absolute Gasteiger partial charge is 0.480 e. The summed E-state index contributed by atoms with van der Waals surface area (Å²) >= 11 is 0. The predicted molar refractivity (Wildman–Crippen MR) is 35.0 cm³/mol. The fourth-order valence-corrected chi connectivity index (χ4v) is 0.386. The van der Waals surface area contributed by atoms with Crippen LogP contribution in [0.5, 0.6) is 0 Å². The Morgan fingerprint density at radius 2 is 2.17 bits per heavy atom. The molecule has 0 aliphatic carbocycles. The molecule has 0 aliphatic heterocycles. The molecule has 0 aromatic carbocycles. The first-order valence-corrected chi connectivity index (χ1v) is 3.12. The van der Waals surface area contributed by atoms with E-state index >= 15 is 0 Å². The molecule has 0 radical (unpaired) electrons. The summed E-state index contributed by atoms with van der Waals surface area (Å²) in [5, 5.41) is 16.8. The van der Waals surface area contributed by atoms with E-state index in [9.17, 15) is 4.79 Å². The molecule has 0 aromatic heterocycles. The van der Waals surface area contributed by atoms with Gasteiger partial charge in [-0.2, -0.15) is 0 Å². The predicted octanol–water partition coefficient (Wildman–Crippen LogP) is -0.728. The lowest BCUT2D eigenvalue weighted by atomic mass is 10.7. The monoisotopic (exact) mass is 181 g/mol. The average molecular weight is 181 g/mol. The van der Waals surface area contributed by atoms with Gasteiger partial charge in [-0.25, -0.2) is 9.63 Å². The minimum Gasteiger partial charge on any atom is -0.480 e. The summed E-state index contributed by atoms with van der Waals surface area (Å²) in [5.74, 6) is -1.05. The van der Waals surface area contributed by atoms with E-state index in [-0.39, 0.29) is 25.2 Å². The summed E-state index contributed by atoms with van der Waals surface area (Å²) < 4.78 is 4.57. The van der Waals surface area contributed by atoms with Gasteiger partial charge >= 0.3 is 5.97 Å². The summed E-state index contributed by atoms with van der Waals surface area (Å²) in [6.07, 6.45) is 0. The van der Waals surface area contributed by atoms with Crippen LogP contribution < -0.4 is 0 Å². The summed E-state index contributed by atoms with van der Waals surface area (Å²) in [5.41, 5.74) is 0. The molecular weight excluding hydrogens is 170 g/mol. The van der Waals surface area contributed by atoms with Gasteiger partial charge in [-0.3, -0.25) is 10.0 Å². The molecule has 0 unspecified atom stereocenters. The van der Waals surface area contributed by atoms with Crippen molar-refractivity contribution in [3.63, 3.8) is 0 Å². The van der Waals surface area contributed by atoms with Crippen LogP contribution in [-0.4, -0.2) is 48.6 Å². The van der Waals surface area contributed by atoms with Crippen molar-refractivity contribution in [1.29, 1.82) is 0 Å². The number of carboxylic acid groups (broad SMARTS) is 1. The van der Waals surface area contributed by atoms with Crippen LogP contribution in [0.2, 0.25) is 0 Å². The van der Waals surface area contributed by atoms with Gasteiger partial charge in [0.2, 0.25) is 0 Å². The summed E-state index contributed by atoms with van der Waals surface area (Å²) in [4.78, 5) is 18.5.